The van der Waals surface area contributed by atoms with Gasteiger partial charge in [-0.15, -0.1) is 0 Å². The lowest BCUT2D eigenvalue weighted by Gasteiger charge is -2.27. The van der Waals surface area contributed by atoms with Gasteiger partial charge in [-0.05, 0) is 99.4 Å². The Morgan fingerprint density at radius 3 is 1.98 bits per heavy atom. The van der Waals surface area contributed by atoms with E-state index in [0.717, 1.165) is 50.1 Å². The summed E-state index contributed by atoms with van der Waals surface area (Å²) in [5.74, 6) is 0.645. The molecule has 47 heavy (non-hydrogen) atoms. The van der Waals surface area contributed by atoms with Crippen LogP contribution < -0.4 is 4.90 Å². The number of rotatable bonds is 5. The molecule has 0 amide bonds. The van der Waals surface area contributed by atoms with Crippen molar-refractivity contribution in [3.8, 4) is 33.7 Å². The molecule has 1 aromatic heterocycles. The number of benzene rings is 7. The summed E-state index contributed by atoms with van der Waals surface area (Å²) in [7, 11) is 0. The van der Waals surface area contributed by atoms with Crippen molar-refractivity contribution in [2.45, 2.75) is 19.3 Å². The second-order valence-electron chi connectivity index (χ2n) is 12.9. The second-order valence-corrected chi connectivity index (χ2v) is 12.9. The van der Waals surface area contributed by atoms with Crippen molar-refractivity contribution in [3.05, 3.63) is 169 Å². The van der Waals surface area contributed by atoms with Crippen molar-refractivity contribution >= 4 is 38.9 Å². The van der Waals surface area contributed by atoms with Gasteiger partial charge in [0.1, 0.15) is 5.52 Å². The van der Waals surface area contributed by atoms with Crippen molar-refractivity contribution in [3.63, 3.8) is 0 Å². The van der Waals surface area contributed by atoms with Crippen molar-refractivity contribution in [1.29, 1.82) is 0 Å². The number of fused-ring (bicyclic) bond motifs is 6. The Bertz CT molecular complexity index is 2420. The van der Waals surface area contributed by atoms with Gasteiger partial charge in [-0.2, -0.15) is 0 Å². The molecular weight excluding hydrogens is 572 g/mol. The molecule has 0 N–H and O–H groups in total. The van der Waals surface area contributed by atoms with Gasteiger partial charge in [-0.25, -0.2) is 4.98 Å². The van der Waals surface area contributed by atoms with E-state index in [1.54, 1.807) is 0 Å². The van der Waals surface area contributed by atoms with Gasteiger partial charge < -0.3 is 9.32 Å². The van der Waals surface area contributed by atoms with Gasteiger partial charge >= 0.3 is 0 Å². The average molecular weight is 605 g/mol. The number of nitrogens with zero attached hydrogens (tertiary/aromatic N) is 2. The lowest BCUT2D eigenvalue weighted by Crippen LogP contribution is -2.15. The Hall–Kier alpha value is -5.93. The smallest absolute Gasteiger partial charge is 0.227 e. The quantitative estimate of drug-likeness (QED) is 0.196. The number of hydrogen-bond donors (Lipinski definition) is 0. The molecule has 7 aromatic carbocycles. The molecule has 0 radical (unpaired) electrons. The van der Waals surface area contributed by atoms with Crippen LogP contribution in [0.2, 0.25) is 0 Å². The van der Waals surface area contributed by atoms with E-state index in [4.69, 9.17) is 9.40 Å². The molecule has 0 saturated heterocycles. The SMILES string of the molecule is CC1(C)c2ccccc2-c2cc(N(c3ccccc3)c3ccc(-c4ccc5c(ccc6oc(-c7ccccc7)nc65)c4)cc3)ccc21. The number of aromatic nitrogens is 1. The standard InChI is InChI=1S/C44H32N2O/c1-44(2)39-16-10-9-15-37(39)38-28-35(23-25-40(38)44)46(33-13-7-4-8-14-33)34-21-17-29(18-22-34)31-19-24-36-32(27-31)20-26-41-42(36)45-43(47-41)30-11-5-3-6-12-30/h3-28H,1-2H3. The van der Waals surface area contributed by atoms with Gasteiger partial charge in [0.25, 0.3) is 0 Å². The topological polar surface area (TPSA) is 29.3 Å². The van der Waals surface area contributed by atoms with Crippen molar-refractivity contribution in [2.24, 2.45) is 0 Å². The molecule has 0 spiro atoms. The van der Waals surface area contributed by atoms with E-state index in [9.17, 15) is 0 Å². The molecule has 0 aliphatic heterocycles. The predicted molar refractivity (Wildman–Crippen MR) is 195 cm³/mol. The van der Waals surface area contributed by atoms with Crippen LogP contribution in [-0.2, 0) is 5.41 Å². The summed E-state index contributed by atoms with van der Waals surface area (Å²) in [5.41, 5.74) is 13.8. The fraction of sp³-hybridized carbons (Fsp3) is 0.0682. The van der Waals surface area contributed by atoms with Crippen LogP contribution in [0.4, 0.5) is 17.1 Å². The first-order chi connectivity index (χ1) is 23.0. The van der Waals surface area contributed by atoms with Crippen LogP contribution in [0.3, 0.4) is 0 Å². The average Bonchev–Trinajstić information content (AvgIpc) is 3.66. The molecule has 224 valence electrons. The van der Waals surface area contributed by atoms with Crippen LogP contribution in [0.15, 0.2) is 162 Å². The van der Waals surface area contributed by atoms with E-state index >= 15 is 0 Å². The molecule has 3 nitrogen and oxygen atoms in total. The normalized spacial score (nSPS) is 13.1. The predicted octanol–water partition coefficient (Wildman–Crippen LogP) is 12.1. The third-order valence-corrected chi connectivity index (χ3v) is 9.69. The number of oxazole rings is 1. The maximum atomic E-state index is 6.12. The number of hydrogen-bond acceptors (Lipinski definition) is 3. The van der Waals surface area contributed by atoms with Crippen LogP contribution in [0.5, 0.6) is 0 Å². The van der Waals surface area contributed by atoms with Crippen LogP contribution in [-0.4, -0.2) is 4.98 Å². The fourth-order valence-corrected chi connectivity index (χ4v) is 7.28. The van der Waals surface area contributed by atoms with Gasteiger partial charge in [0, 0.05) is 33.4 Å². The largest absolute Gasteiger partial charge is 0.436 e. The summed E-state index contributed by atoms with van der Waals surface area (Å²) in [6, 6.07) is 56.1. The highest BCUT2D eigenvalue weighted by Crippen LogP contribution is 2.50. The van der Waals surface area contributed by atoms with E-state index in [1.165, 1.54) is 27.8 Å². The summed E-state index contributed by atoms with van der Waals surface area (Å²) in [6.45, 7) is 4.65. The maximum absolute atomic E-state index is 6.12. The Labute approximate surface area is 274 Å². The molecular formula is C44H32N2O. The molecule has 1 aliphatic carbocycles. The lowest BCUT2D eigenvalue weighted by atomic mass is 9.82. The Morgan fingerprint density at radius 1 is 0.511 bits per heavy atom. The molecule has 3 heteroatoms. The Kier molecular flexibility index (Phi) is 6.16. The molecule has 1 aliphatic rings. The molecule has 0 unspecified atom stereocenters. The van der Waals surface area contributed by atoms with Crippen molar-refractivity contribution < 1.29 is 4.42 Å². The van der Waals surface area contributed by atoms with E-state index in [1.807, 2.05) is 36.4 Å². The maximum Gasteiger partial charge on any atom is 0.227 e. The minimum Gasteiger partial charge on any atom is -0.436 e. The molecule has 0 fully saturated rings. The summed E-state index contributed by atoms with van der Waals surface area (Å²) < 4.78 is 6.12. The zero-order chi connectivity index (χ0) is 31.5. The summed E-state index contributed by atoms with van der Waals surface area (Å²) in [5, 5.41) is 2.23. The second kappa shape index (κ2) is 10.6. The third-order valence-electron chi connectivity index (χ3n) is 9.69. The van der Waals surface area contributed by atoms with Crippen LogP contribution >= 0.6 is 0 Å². The molecule has 8 aromatic rings. The van der Waals surface area contributed by atoms with E-state index in [-0.39, 0.29) is 5.41 Å². The van der Waals surface area contributed by atoms with Gasteiger partial charge in [-0.1, -0.05) is 111 Å². The fourth-order valence-electron chi connectivity index (χ4n) is 7.28. The first-order valence-corrected chi connectivity index (χ1v) is 16.1. The van der Waals surface area contributed by atoms with E-state index in [0.29, 0.717) is 5.89 Å². The summed E-state index contributed by atoms with van der Waals surface area (Å²) in [6.07, 6.45) is 0. The summed E-state index contributed by atoms with van der Waals surface area (Å²) >= 11 is 0. The van der Waals surface area contributed by atoms with Crippen molar-refractivity contribution in [1.82, 2.24) is 4.98 Å². The van der Waals surface area contributed by atoms with E-state index < -0.39 is 0 Å². The molecule has 9 rings (SSSR count). The van der Waals surface area contributed by atoms with Gasteiger partial charge in [0.05, 0.1) is 0 Å². The first-order valence-electron chi connectivity index (χ1n) is 16.1. The molecule has 0 saturated carbocycles. The molecule has 0 atom stereocenters. The zero-order valence-electron chi connectivity index (χ0n) is 26.3. The first kappa shape index (κ1) is 27.4. The molecule has 0 bridgehead atoms. The van der Waals surface area contributed by atoms with Gasteiger partial charge in [0.2, 0.25) is 5.89 Å². The third kappa shape index (κ3) is 4.46. The highest BCUT2D eigenvalue weighted by atomic mass is 16.3. The van der Waals surface area contributed by atoms with Crippen LogP contribution in [0.25, 0.3) is 55.6 Å². The zero-order valence-corrected chi connectivity index (χ0v) is 26.3. The minimum atomic E-state index is -0.0207. The van der Waals surface area contributed by atoms with Crippen molar-refractivity contribution in [2.75, 3.05) is 4.90 Å². The molecule has 1 heterocycles. The minimum absolute atomic E-state index is 0.0207. The Morgan fingerprint density at radius 2 is 1.17 bits per heavy atom. The van der Waals surface area contributed by atoms with Crippen LogP contribution in [0, 0.1) is 0 Å². The highest BCUT2D eigenvalue weighted by Gasteiger charge is 2.35. The summed E-state index contributed by atoms with van der Waals surface area (Å²) in [4.78, 5) is 7.22. The van der Waals surface area contributed by atoms with Crippen LogP contribution in [0.1, 0.15) is 25.0 Å². The van der Waals surface area contributed by atoms with E-state index in [2.05, 4.69) is 140 Å². The monoisotopic (exact) mass is 604 g/mol. The number of anilines is 3. The highest BCUT2D eigenvalue weighted by molar-refractivity contribution is 6.05. The Balaban J connectivity index is 1.09. The van der Waals surface area contributed by atoms with Gasteiger partial charge in [-0.3, -0.25) is 0 Å². The lowest BCUT2D eigenvalue weighted by molar-refractivity contribution is 0.620. The number of para-hydroxylation sites is 1. The van der Waals surface area contributed by atoms with Gasteiger partial charge in [0.15, 0.2) is 5.58 Å².